The fraction of sp³-hybridized carbons (Fsp3) is 0.875. The Morgan fingerprint density at radius 3 is 2.69 bits per heavy atom. The molecule has 0 spiro atoms. The van der Waals surface area contributed by atoms with E-state index in [1.807, 2.05) is 18.7 Å². The molecule has 0 amide bonds. The SMILES string of the molecule is CCC(C)n1nnnc1C(C)NC. The molecule has 0 aliphatic carbocycles. The Morgan fingerprint density at radius 2 is 2.15 bits per heavy atom. The number of rotatable bonds is 4. The van der Waals surface area contributed by atoms with Crippen LogP contribution in [0.25, 0.3) is 0 Å². The lowest BCUT2D eigenvalue weighted by atomic mass is 10.2. The smallest absolute Gasteiger partial charge is 0.168 e. The van der Waals surface area contributed by atoms with Crippen LogP contribution >= 0.6 is 0 Å². The first-order valence-corrected chi connectivity index (χ1v) is 4.65. The Balaban J connectivity index is 2.88. The Hall–Kier alpha value is -0.970. The van der Waals surface area contributed by atoms with Gasteiger partial charge in [-0.3, -0.25) is 0 Å². The predicted octanol–water partition coefficient (Wildman–Crippen LogP) is 0.924. The Morgan fingerprint density at radius 1 is 1.46 bits per heavy atom. The number of tetrazole rings is 1. The molecule has 0 fully saturated rings. The van der Waals surface area contributed by atoms with Crippen LogP contribution < -0.4 is 5.32 Å². The molecule has 1 aromatic heterocycles. The summed E-state index contributed by atoms with van der Waals surface area (Å²) < 4.78 is 1.88. The summed E-state index contributed by atoms with van der Waals surface area (Å²) >= 11 is 0. The van der Waals surface area contributed by atoms with Crippen molar-refractivity contribution >= 4 is 0 Å². The van der Waals surface area contributed by atoms with Crippen molar-refractivity contribution in [3.63, 3.8) is 0 Å². The summed E-state index contributed by atoms with van der Waals surface area (Å²) in [5, 5.41) is 14.8. The van der Waals surface area contributed by atoms with Gasteiger partial charge < -0.3 is 5.32 Å². The molecule has 0 aliphatic rings. The van der Waals surface area contributed by atoms with Gasteiger partial charge in [0, 0.05) is 0 Å². The molecule has 1 N–H and O–H groups in total. The van der Waals surface area contributed by atoms with Gasteiger partial charge in [-0.15, -0.1) is 5.10 Å². The molecule has 2 atom stereocenters. The topological polar surface area (TPSA) is 55.6 Å². The van der Waals surface area contributed by atoms with Crippen molar-refractivity contribution in [1.82, 2.24) is 25.5 Å². The van der Waals surface area contributed by atoms with Crippen LogP contribution in [0.15, 0.2) is 0 Å². The van der Waals surface area contributed by atoms with Gasteiger partial charge in [0.25, 0.3) is 0 Å². The van der Waals surface area contributed by atoms with Crippen molar-refractivity contribution in [3.8, 4) is 0 Å². The first-order chi connectivity index (χ1) is 6.20. The van der Waals surface area contributed by atoms with E-state index < -0.39 is 0 Å². The molecule has 0 bridgehead atoms. The number of nitrogens with one attached hydrogen (secondary N) is 1. The average Bonchev–Trinajstić information content (AvgIpc) is 2.63. The van der Waals surface area contributed by atoms with E-state index in [0.717, 1.165) is 12.2 Å². The fourth-order valence-corrected chi connectivity index (χ4v) is 1.10. The molecule has 0 aliphatic heterocycles. The maximum atomic E-state index is 4.00. The summed E-state index contributed by atoms with van der Waals surface area (Å²) in [5.74, 6) is 0.900. The van der Waals surface area contributed by atoms with Gasteiger partial charge in [0.1, 0.15) is 0 Å². The van der Waals surface area contributed by atoms with Gasteiger partial charge in [-0.05, 0) is 37.7 Å². The minimum atomic E-state index is 0.198. The van der Waals surface area contributed by atoms with E-state index in [2.05, 4.69) is 34.7 Å². The summed E-state index contributed by atoms with van der Waals surface area (Å²) in [6, 6.07) is 0.560. The molecule has 1 aromatic rings. The summed E-state index contributed by atoms with van der Waals surface area (Å²) in [6.07, 6.45) is 1.04. The van der Waals surface area contributed by atoms with Crippen molar-refractivity contribution in [3.05, 3.63) is 5.82 Å². The van der Waals surface area contributed by atoms with Gasteiger partial charge in [-0.2, -0.15) is 0 Å². The average molecular weight is 183 g/mol. The third-order valence-corrected chi connectivity index (χ3v) is 2.35. The quantitative estimate of drug-likeness (QED) is 0.754. The third-order valence-electron chi connectivity index (χ3n) is 2.35. The molecule has 5 nitrogen and oxygen atoms in total. The predicted molar refractivity (Wildman–Crippen MR) is 50.3 cm³/mol. The van der Waals surface area contributed by atoms with Gasteiger partial charge >= 0.3 is 0 Å². The summed E-state index contributed by atoms with van der Waals surface area (Å²) in [5.41, 5.74) is 0. The van der Waals surface area contributed by atoms with Crippen molar-refractivity contribution in [1.29, 1.82) is 0 Å². The van der Waals surface area contributed by atoms with Crippen LogP contribution in [0, 0.1) is 0 Å². The molecule has 0 saturated heterocycles. The molecule has 1 rings (SSSR count). The zero-order chi connectivity index (χ0) is 9.84. The van der Waals surface area contributed by atoms with Crippen LogP contribution in [0.3, 0.4) is 0 Å². The molecular weight excluding hydrogens is 166 g/mol. The minimum absolute atomic E-state index is 0.198. The van der Waals surface area contributed by atoms with E-state index >= 15 is 0 Å². The first-order valence-electron chi connectivity index (χ1n) is 4.65. The zero-order valence-electron chi connectivity index (χ0n) is 8.65. The largest absolute Gasteiger partial charge is 0.311 e. The van der Waals surface area contributed by atoms with E-state index in [9.17, 15) is 0 Å². The van der Waals surface area contributed by atoms with E-state index in [1.54, 1.807) is 0 Å². The third kappa shape index (κ3) is 2.03. The molecule has 74 valence electrons. The molecule has 1 heterocycles. The molecule has 0 aromatic carbocycles. The number of nitrogens with zero attached hydrogens (tertiary/aromatic N) is 4. The first kappa shape index (κ1) is 10.1. The zero-order valence-corrected chi connectivity index (χ0v) is 8.65. The highest BCUT2D eigenvalue weighted by atomic mass is 15.6. The van der Waals surface area contributed by atoms with Crippen molar-refractivity contribution in [2.75, 3.05) is 7.05 Å². The lowest BCUT2D eigenvalue weighted by Gasteiger charge is -2.14. The van der Waals surface area contributed by atoms with Gasteiger partial charge in [-0.1, -0.05) is 6.92 Å². The maximum Gasteiger partial charge on any atom is 0.168 e. The van der Waals surface area contributed by atoms with E-state index in [1.165, 1.54) is 0 Å². The van der Waals surface area contributed by atoms with Crippen LogP contribution in [0.4, 0.5) is 0 Å². The highest BCUT2D eigenvalue weighted by Gasteiger charge is 2.15. The Kier molecular flexibility index (Phi) is 3.36. The highest BCUT2D eigenvalue weighted by Crippen LogP contribution is 2.14. The number of aromatic nitrogens is 4. The standard InChI is InChI=1S/C8H17N5/c1-5-6(2)13-8(7(3)9-4)10-11-12-13/h6-7,9H,5H2,1-4H3. The normalized spacial score (nSPS) is 15.7. The fourth-order valence-electron chi connectivity index (χ4n) is 1.10. The Labute approximate surface area is 78.5 Å². The van der Waals surface area contributed by atoms with E-state index in [-0.39, 0.29) is 6.04 Å². The minimum Gasteiger partial charge on any atom is -0.311 e. The van der Waals surface area contributed by atoms with E-state index in [0.29, 0.717) is 6.04 Å². The Bertz CT molecular complexity index is 232. The van der Waals surface area contributed by atoms with Crippen LogP contribution in [0.2, 0.25) is 0 Å². The van der Waals surface area contributed by atoms with Gasteiger partial charge in [0.05, 0.1) is 12.1 Å². The second-order valence-electron chi connectivity index (χ2n) is 3.25. The second-order valence-corrected chi connectivity index (χ2v) is 3.25. The van der Waals surface area contributed by atoms with Crippen molar-refractivity contribution in [2.24, 2.45) is 0 Å². The van der Waals surface area contributed by atoms with Crippen LogP contribution in [-0.2, 0) is 0 Å². The highest BCUT2D eigenvalue weighted by molar-refractivity contribution is 4.90. The van der Waals surface area contributed by atoms with Gasteiger partial charge in [0.15, 0.2) is 5.82 Å². The maximum absolute atomic E-state index is 4.00. The molecule has 2 unspecified atom stereocenters. The van der Waals surface area contributed by atoms with Gasteiger partial charge in [-0.25, -0.2) is 4.68 Å². The summed E-state index contributed by atoms with van der Waals surface area (Å²) in [7, 11) is 1.90. The molecular formula is C8H17N5. The van der Waals surface area contributed by atoms with Crippen molar-refractivity contribution < 1.29 is 0 Å². The molecule has 13 heavy (non-hydrogen) atoms. The molecule has 5 heteroatoms. The summed E-state index contributed by atoms with van der Waals surface area (Å²) in [6.45, 7) is 6.28. The number of hydrogen-bond donors (Lipinski definition) is 1. The second kappa shape index (κ2) is 4.32. The monoisotopic (exact) mass is 183 g/mol. The lowest BCUT2D eigenvalue weighted by molar-refractivity contribution is 0.426. The van der Waals surface area contributed by atoms with Crippen LogP contribution in [-0.4, -0.2) is 27.3 Å². The van der Waals surface area contributed by atoms with Gasteiger partial charge in [0.2, 0.25) is 0 Å². The van der Waals surface area contributed by atoms with Crippen molar-refractivity contribution in [2.45, 2.75) is 39.3 Å². The van der Waals surface area contributed by atoms with E-state index in [4.69, 9.17) is 0 Å². The summed E-state index contributed by atoms with van der Waals surface area (Å²) in [4.78, 5) is 0. The number of hydrogen-bond acceptors (Lipinski definition) is 4. The van der Waals surface area contributed by atoms with Crippen LogP contribution in [0.1, 0.15) is 45.1 Å². The molecule has 0 saturated carbocycles. The lowest BCUT2D eigenvalue weighted by Crippen LogP contribution is -2.20. The molecule has 0 radical (unpaired) electrons. The van der Waals surface area contributed by atoms with Crippen LogP contribution in [0.5, 0.6) is 0 Å².